The van der Waals surface area contributed by atoms with E-state index in [4.69, 9.17) is 0 Å². The second-order valence-corrected chi connectivity index (χ2v) is 5.11. The summed E-state index contributed by atoms with van der Waals surface area (Å²) in [5, 5.41) is 3.45. The number of halogens is 4. The van der Waals surface area contributed by atoms with Crippen molar-refractivity contribution in [2.45, 2.75) is 12.7 Å². The number of benzene rings is 1. The van der Waals surface area contributed by atoms with Gasteiger partial charge in [0.1, 0.15) is 5.69 Å². The molecule has 1 heterocycles. The summed E-state index contributed by atoms with van der Waals surface area (Å²) in [6, 6.07) is 7.67. The Kier molecular flexibility index (Phi) is 4.36. The number of alkyl halides is 3. The van der Waals surface area contributed by atoms with E-state index in [9.17, 15) is 18.0 Å². The molecular weight excluding hydrogens is 353 g/mol. The second-order valence-electron chi connectivity index (χ2n) is 4.19. The standard InChI is InChI=1S/C13H10BrF3N2O2/c1-21-12(20)10-6-11(13(15,16)17)18-19(10)7-8-3-2-4-9(14)5-8/h2-6H,7H2,1H3. The number of hydrogen-bond donors (Lipinski definition) is 0. The summed E-state index contributed by atoms with van der Waals surface area (Å²) in [5.41, 5.74) is -0.672. The van der Waals surface area contributed by atoms with Crippen LogP contribution in [0.5, 0.6) is 0 Å². The Hall–Kier alpha value is -1.83. The monoisotopic (exact) mass is 362 g/mol. The predicted octanol–water partition coefficient (Wildman–Crippen LogP) is 3.50. The van der Waals surface area contributed by atoms with E-state index >= 15 is 0 Å². The molecule has 0 unspecified atom stereocenters. The van der Waals surface area contributed by atoms with Gasteiger partial charge in [-0.2, -0.15) is 18.3 Å². The maximum absolute atomic E-state index is 12.7. The number of carbonyl (C=O) groups excluding carboxylic acids is 1. The number of rotatable bonds is 3. The van der Waals surface area contributed by atoms with E-state index < -0.39 is 17.8 Å². The van der Waals surface area contributed by atoms with Crippen molar-refractivity contribution in [2.24, 2.45) is 0 Å². The predicted molar refractivity (Wildman–Crippen MR) is 71.8 cm³/mol. The van der Waals surface area contributed by atoms with E-state index in [1.807, 2.05) is 0 Å². The molecule has 4 nitrogen and oxygen atoms in total. The Morgan fingerprint density at radius 2 is 2.10 bits per heavy atom. The van der Waals surface area contributed by atoms with Crippen LogP contribution in [-0.2, 0) is 17.5 Å². The van der Waals surface area contributed by atoms with Crippen LogP contribution in [0.2, 0.25) is 0 Å². The van der Waals surface area contributed by atoms with Gasteiger partial charge in [0.15, 0.2) is 5.69 Å². The number of nitrogens with zero attached hydrogens (tertiary/aromatic N) is 2. The van der Waals surface area contributed by atoms with Crippen LogP contribution >= 0.6 is 15.9 Å². The van der Waals surface area contributed by atoms with Gasteiger partial charge in [-0.3, -0.25) is 4.68 Å². The van der Waals surface area contributed by atoms with E-state index in [0.717, 1.165) is 16.3 Å². The van der Waals surface area contributed by atoms with E-state index in [2.05, 4.69) is 25.8 Å². The van der Waals surface area contributed by atoms with Gasteiger partial charge in [0.25, 0.3) is 0 Å². The van der Waals surface area contributed by atoms with Gasteiger partial charge < -0.3 is 4.74 Å². The van der Waals surface area contributed by atoms with Gasteiger partial charge in [-0.25, -0.2) is 4.79 Å². The zero-order valence-corrected chi connectivity index (χ0v) is 12.4. The smallest absolute Gasteiger partial charge is 0.435 e. The molecule has 0 fully saturated rings. The van der Waals surface area contributed by atoms with E-state index in [1.54, 1.807) is 24.3 Å². The molecule has 0 saturated heterocycles. The van der Waals surface area contributed by atoms with Crippen LogP contribution in [-0.4, -0.2) is 22.9 Å². The van der Waals surface area contributed by atoms with Crippen molar-refractivity contribution in [2.75, 3.05) is 7.11 Å². The van der Waals surface area contributed by atoms with Crippen LogP contribution in [0, 0.1) is 0 Å². The number of carbonyl (C=O) groups is 1. The molecule has 1 aromatic heterocycles. The average Bonchev–Trinajstić information content (AvgIpc) is 2.82. The van der Waals surface area contributed by atoms with E-state index in [0.29, 0.717) is 11.6 Å². The highest BCUT2D eigenvalue weighted by atomic mass is 79.9. The highest BCUT2D eigenvalue weighted by molar-refractivity contribution is 9.10. The molecule has 0 radical (unpaired) electrons. The molecule has 2 rings (SSSR count). The fraction of sp³-hybridized carbons (Fsp3) is 0.231. The minimum Gasteiger partial charge on any atom is -0.464 e. The van der Waals surface area contributed by atoms with Gasteiger partial charge in [-0.1, -0.05) is 28.1 Å². The average molecular weight is 363 g/mol. The molecule has 0 aliphatic heterocycles. The van der Waals surface area contributed by atoms with Crippen LogP contribution in [0.15, 0.2) is 34.8 Å². The van der Waals surface area contributed by atoms with Crippen molar-refractivity contribution >= 4 is 21.9 Å². The molecule has 21 heavy (non-hydrogen) atoms. The molecule has 0 spiro atoms. The molecule has 0 atom stereocenters. The molecule has 0 N–H and O–H groups in total. The lowest BCUT2D eigenvalue weighted by atomic mass is 10.2. The normalized spacial score (nSPS) is 11.5. The van der Waals surface area contributed by atoms with Crippen molar-refractivity contribution in [3.8, 4) is 0 Å². The summed E-state index contributed by atoms with van der Waals surface area (Å²) in [4.78, 5) is 11.6. The Bertz CT molecular complexity index is 668. The van der Waals surface area contributed by atoms with Crippen molar-refractivity contribution in [1.82, 2.24) is 9.78 Å². The van der Waals surface area contributed by atoms with Crippen LogP contribution in [0.3, 0.4) is 0 Å². The zero-order valence-electron chi connectivity index (χ0n) is 10.8. The van der Waals surface area contributed by atoms with Gasteiger partial charge in [-0.15, -0.1) is 0 Å². The minimum atomic E-state index is -4.62. The fourth-order valence-corrected chi connectivity index (χ4v) is 2.20. The number of ether oxygens (including phenoxy) is 1. The lowest BCUT2D eigenvalue weighted by Gasteiger charge is -2.06. The molecule has 0 aliphatic carbocycles. The van der Waals surface area contributed by atoms with Gasteiger partial charge in [0, 0.05) is 10.5 Å². The van der Waals surface area contributed by atoms with Gasteiger partial charge in [0.05, 0.1) is 13.7 Å². The first-order valence-corrected chi connectivity index (χ1v) is 6.58. The largest absolute Gasteiger partial charge is 0.464 e. The maximum atomic E-state index is 12.7. The van der Waals surface area contributed by atoms with Gasteiger partial charge in [0.2, 0.25) is 0 Å². The quantitative estimate of drug-likeness (QED) is 0.785. The summed E-state index contributed by atoms with van der Waals surface area (Å²) in [6.07, 6.45) is -4.62. The third kappa shape index (κ3) is 3.63. The van der Waals surface area contributed by atoms with E-state index in [1.165, 1.54) is 0 Å². The Morgan fingerprint density at radius 1 is 1.38 bits per heavy atom. The summed E-state index contributed by atoms with van der Waals surface area (Å²) >= 11 is 3.27. The summed E-state index contributed by atoms with van der Waals surface area (Å²) in [7, 11) is 1.10. The first-order valence-electron chi connectivity index (χ1n) is 5.79. The summed E-state index contributed by atoms with van der Waals surface area (Å²) in [6.45, 7) is 0.0277. The third-order valence-corrected chi connectivity index (χ3v) is 3.18. The first-order chi connectivity index (χ1) is 9.81. The summed E-state index contributed by atoms with van der Waals surface area (Å²) in [5.74, 6) is -0.868. The third-order valence-electron chi connectivity index (χ3n) is 2.69. The van der Waals surface area contributed by atoms with Crippen LogP contribution in [0.25, 0.3) is 0 Å². The SMILES string of the molecule is COC(=O)c1cc(C(F)(F)F)nn1Cc1cccc(Br)c1. The van der Waals surface area contributed by atoms with Gasteiger partial charge in [-0.05, 0) is 17.7 Å². The van der Waals surface area contributed by atoms with E-state index in [-0.39, 0.29) is 12.2 Å². The van der Waals surface area contributed by atoms with Crippen molar-refractivity contribution in [1.29, 1.82) is 0 Å². The molecule has 0 saturated carbocycles. The van der Waals surface area contributed by atoms with Crippen LogP contribution < -0.4 is 0 Å². The Balaban J connectivity index is 2.41. The topological polar surface area (TPSA) is 44.1 Å². The molecule has 8 heteroatoms. The van der Waals surface area contributed by atoms with Crippen LogP contribution in [0.1, 0.15) is 21.7 Å². The molecule has 0 aliphatic rings. The molecule has 112 valence electrons. The van der Waals surface area contributed by atoms with Crippen molar-refractivity contribution in [3.05, 3.63) is 51.8 Å². The molecular formula is C13H10BrF3N2O2. The number of esters is 1. The van der Waals surface area contributed by atoms with Gasteiger partial charge >= 0.3 is 12.1 Å². The molecule has 0 amide bonds. The summed E-state index contributed by atoms with van der Waals surface area (Å²) < 4.78 is 44.4. The molecule has 2 aromatic rings. The highest BCUT2D eigenvalue weighted by Gasteiger charge is 2.36. The number of hydrogen-bond acceptors (Lipinski definition) is 3. The molecule has 1 aromatic carbocycles. The second kappa shape index (κ2) is 5.88. The van der Waals surface area contributed by atoms with Crippen molar-refractivity contribution < 1.29 is 22.7 Å². The lowest BCUT2D eigenvalue weighted by molar-refractivity contribution is -0.141. The van der Waals surface area contributed by atoms with Crippen LogP contribution in [0.4, 0.5) is 13.2 Å². The number of methoxy groups -OCH3 is 1. The maximum Gasteiger partial charge on any atom is 0.435 e. The minimum absolute atomic E-state index is 0.0277. The fourth-order valence-electron chi connectivity index (χ4n) is 1.75. The highest BCUT2D eigenvalue weighted by Crippen LogP contribution is 2.29. The molecule has 0 bridgehead atoms. The number of aromatic nitrogens is 2. The Labute approximate surface area is 126 Å². The zero-order chi connectivity index (χ0) is 15.6. The van der Waals surface area contributed by atoms with Crippen molar-refractivity contribution in [3.63, 3.8) is 0 Å². The first kappa shape index (κ1) is 15.6. The lowest BCUT2D eigenvalue weighted by Crippen LogP contribution is -2.13. The Morgan fingerprint density at radius 3 is 2.67 bits per heavy atom.